The normalized spacial score (nSPS) is 12.1. The van der Waals surface area contributed by atoms with Gasteiger partial charge in [-0.25, -0.2) is 0 Å². The maximum atomic E-state index is 12.3. The fourth-order valence-corrected chi connectivity index (χ4v) is 1.60. The molecule has 8 heteroatoms. The molecule has 1 aromatic carbocycles. The third kappa shape index (κ3) is 5.52. The quantitative estimate of drug-likeness (QED) is 0.745. The van der Waals surface area contributed by atoms with Gasteiger partial charge in [0.15, 0.2) is 0 Å². The lowest BCUT2D eigenvalue weighted by Crippen LogP contribution is -2.43. The number of benzene rings is 1. The molecule has 0 bridgehead atoms. The first-order valence-electron chi connectivity index (χ1n) is 6.12. The highest BCUT2D eigenvalue weighted by molar-refractivity contribution is 5.81. The monoisotopic (exact) mass is 304 g/mol. The first-order valence-corrected chi connectivity index (χ1v) is 6.12. The Morgan fingerprint density at radius 2 is 2.10 bits per heavy atom. The summed E-state index contributed by atoms with van der Waals surface area (Å²) in [6.45, 7) is -2.91. The minimum Gasteiger partial charge on any atom is -0.497 e. The van der Waals surface area contributed by atoms with Crippen molar-refractivity contribution in [2.24, 2.45) is 5.73 Å². The summed E-state index contributed by atoms with van der Waals surface area (Å²) in [5.41, 5.74) is 5.91. The molecule has 0 aliphatic heterocycles. The number of nitrogens with one attached hydrogen (secondary N) is 1. The second kappa shape index (κ2) is 8.38. The van der Waals surface area contributed by atoms with Gasteiger partial charge in [-0.15, -0.1) is 0 Å². The van der Waals surface area contributed by atoms with E-state index in [9.17, 15) is 13.6 Å². The van der Waals surface area contributed by atoms with Crippen LogP contribution in [0.3, 0.4) is 0 Å². The molecule has 0 fully saturated rings. The second-order valence-electron chi connectivity index (χ2n) is 4.13. The van der Waals surface area contributed by atoms with Crippen LogP contribution in [0.5, 0.6) is 11.5 Å². The highest BCUT2D eigenvalue weighted by Crippen LogP contribution is 2.25. The largest absolute Gasteiger partial charge is 0.497 e. The predicted octanol–water partition coefficient (Wildman–Crippen LogP) is 0.887. The Bertz CT molecular complexity index is 471. The molecule has 21 heavy (non-hydrogen) atoms. The molecule has 0 spiro atoms. The molecule has 1 atom stereocenters. The minimum atomic E-state index is -2.96. The Morgan fingerprint density at radius 1 is 1.38 bits per heavy atom. The maximum Gasteiger partial charge on any atom is 0.387 e. The van der Waals surface area contributed by atoms with Crippen molar-refractivity contribution in [2.45, 2.75) is 19.2 Å². The van der Waals surface area contributed by atoms with E-state index in [1.807, 2.05) is 0 Å². The van der Waals surface area contributed by atoms with Gasteiger partial charge < -0.3 is 25.3 Å². The van der Waals surface area contributed by atoms with Crippen LogP contribution in [0.1, 0.15) is 5.56 Å². The molecule has 0 radical (unpaired) electrons. The van der Waals surface area contributed by atoms with Crippen molar-refractivity contribution in [3.63, 3.8) is 0 Å². The van der Waals surface area contributed by atoms with Crippen LogP contribution in [0.25, 0.3) is 0 Å². The fourth-order valence-electron chi connectivity index (χ4n) is 1.60. The number of hydrogen-bond acceptors (Lipinski definition) is 5. The van der Waals surface area contributed by atoms with Crippen molar-refractivity contribution in [1.82, 2.24) is 5.32 Å². The molecule has 0 aliphatic rings. The lowest BCUT2D eigenvalue weighted by molar-refractivity contribution is -0.123. The van der Waals surface area contributed by atoms with Crippen LogP contribution < -0.4 is 20.5 Å². The lowest BCUT2D eigenvalue weighted by Gasteiger charge is -2.15. The molecule has 3 N–H and O–H groups in total. The Kier molecular flexibility index (Phi) is 6.83. The van der Waals surface area contributed by atoms with E-state index < -0.39 is 18.6 Å². The molecule has 0 heterocycles. The SMILES string of the molecule is COCC(N)C(=O)NCc1cc(OC)ccc1OC(F)F. The Balaban J connectivity index is 2.77. The summed E-state index contributed by atoms with van der Waals surface area (Å²) in [6.07, 6.45) is 0. The molecule has 0 saturated carbocycles. The zero-order valence-corrected chi connectivity index (χ0v) is 11.8. The first kappa shape index (κ1) is 17.1. The molecule has 0 aliphatic carbocycles. The predicted molar refractivity (Wildman–Crippen MR) is 71.3 cm³/mol. The highest BCUT2D eigenvalue weighted by Gasteiger charge is 2.15. The molecule has 118 valence electrons. The number of carbonyl (C=O) groups is 1. The van der Waals surface area contributed by atoms with Crippen LogP contribution in [0.4, 0.5) is 8.78 Å². The zero-order valence-electron chi connectivity index (χ0n) is 11.8. The molecule has 0 aromatic heterocycles. The van der Waals surface area contributed by atoms with E-state index in [0.717, 1.165) is 0 Å². The van der Waals surface area contributed by atoms with E-state index in [-0.39, 0.29) is 18.9 Å². The topological polar surface area (TPSA) is 82.8 Å². The Labute approximate surface area is 121 Å². The molecular formula is C13H18F2N2O4. The van der Waals surface area contributed by atoms with Gasteiger partial charge in [-0.1, -0.05) is 0 Å². The number of nitrogens with two attached hydrogens (primary N) is 1. The van der Waals surface area contributed by atoms with E-state index in [0.29, 0.717) is 11.3 Å². The van der Waals surface area contributed by atoms with E-state index in [1.165, 1.54) is 32.4 Å². The van der Waals surface area contributed by atoms with Crippen molar-refractivity contribution in [3.8, 4) is 11.5 Å². The van der Waals surface area contributed by atoms with Gasteiger partial charge in [0.25, 0.3) is 0 Å². The Morgan fingerprint density at radius 3 is 2.67 bits per heavy atom. The number of halogens is 2. The highest BCUT2D eigenvalue weighted by atomic mass is 19.3. The van der Waals surface area contributed by atoms with Gasteiger partial charge in [0.2, 0.25) is 5.91 Å². The van der Waals surface area contributed by atoms with Crippen LogP contribution in [0, 0.1) is 0 Å². The van der Waals surface area contributed by atoms with Gasteiger partial charge in [0.05, 0.1) is 13.7 Å². The minimum absolute atomic E-state index is 0.0184. The van der Waals surface area contributed by atoms with Crippen LogP contribution in [0.15, 0.2) is 18.2 Å². The molecule has 1 aromatic rings. The van der Waals surface area contributed by atoms with Crippen LogP contribution in [-0.4, -0.2) is 39.4 Å². The summed E-state index contributed by atoms with van der Waals surface area (Å²) >= 11 is 0. The number of ether oxygens (including phenoxy) is 3. The summed E-state index contributed by atoms with van der Waals surface area (Å²) in [5, 5.41) is 2.52. The maximum absolute atomic E-state index is 12.3. The lowest BCUT2D eigenvalue weighted by atomic mass is 10.2. The molecule has 6 nitrogen and oxygen atoms in total. The van der Waals surface area contributed by atoms with Gasteiger partial charge in [0, 0.05) is 19.2 Å². The van der Waals surface area contributed by atoms with Crippen molar-refractivity contribution >= 4 is 5.91 Å². The number of carbonyl (C=O) groups excluding carboxylic acids is 1. The van der Waals surface area contributed by atoms with Gasteiger partial charge in [-0.2, -0.15) is 8.78 Å². The van der Waals surface area contributed by atoms with Crippen LogP contribution in [0.2, 0.25) is 0 Å². The summed E-state index contributed by atoms with van der Waals surface area (Å²) in [6, 6.07) is 3.50. The number of rotatable bonds is 8. The molecule has 1 amide bonds. The van der Waals surface area contributed by atoms with Gasteiger partial charge in [0.1, 0.15) is 17.5 Å². The smallest absolute Gasteiger partial charge is 0.387 e. The summed E-state index contributed by atoms with van der Waals surface area (Å²) in [7, 11) is 2.86. The van der Waals surface area contributed by atoms with Crippen LogP contribution >= 0.6 is 0 Å². The zero-order chi connectivity index (χ0) is 15.8. The second-order valence-corrected chi connectivity index (χ2v) is 4.13. The van der Waals surface area contributed by atoms with E-state index in [2.05, 4.69) is 10.1 Å². The number of hydrogen-bond donors (Lipinski definition) is 2. The van der Waals surface area contributed by atoms with Gasteiger partial charge >= 0.3 is 6.61 Å². The van der Waals surface area contributed by atoms with Crippen molar-refractivity contribution in [3.05, 3.63) is 23.8 Å². The van der Waals surface area contributed by atoms with Gasteiger partial charge in [-0.3, -0.25) is 4.79 Å². The molecular weight excluding hydrogens is 286 g/mol. The number of methoxy groups -OCH3 is 2. The summed E-state index contributed by atoms with van der Waals surface area (Å²) in [5.74, 6) is -0.0314. The van der Waals surface area contributed by atoms with Gasteiger partial charge in [-0.05, 0) is 18.2 Å². The molecule has 0 saturated heterocycles. The summed E-state index contributed by atoms with van der Waals surface area (Å²) in [4.78, 5) is 11.7. The van der Waals surface area contributed by atoms with E-state index in [1.54, 1.807) is 0 Å². The van der Waals surface area contributed by atoms with Crippen LogP contribution in [-0.2, 0) is 16.1 Å². The van der Waals surface area contributed by atoms with E-state index in [4.69, 9.17) is 15.2 Å². The summed E-state index contributed by atoms with van der Waals surface area (Å²) < 4.78 is 38.8. The molecule has 1 rings (SSSR count). The Hall–Kier alpha value is -1.93. The average Bonchev–Trinajstić information content (AvgIpc) is 2.45. The third-order valence-electron chi connectivity index (χ3n) is 2.62. The standard InChI is InChI=1S/C13H18F2N2O4/c1-19-7-10(16)12(18)17-6-8-5-9(20-2)3-4-11(8)21-13(14)15/h3-5,10,13H,6-7,16H2,1-2H3,(H,17,18). The average molecular weight is 304 g/mol. The van der Waals surface area contributed by atoms with Crippen molar-refractivity contribution in [2.75, 3.05) is 20.8 Å². The molecule has 1 unspecified atom stereocenters. The first-order chi connectivity index (χ1) is 9.97. The van der Waals surface area contributed by atoms with E-state index >= 15 is 0 Å². The third-order valence-corrected chi connectivity index (χ3v) is 2.62. The van der Waals surface area contributed by atoms with Crippen molar-refractivity contribution in [1.29, 1.82) is 0 Å². The fraction of sp³-hybridized carbons (Fsp3) is 0.462. The van der Waals surface area contributed by atoms with Crippen molar-refractivity contribution < 1.29 is 27.8 Å². The number of amides is 1. The number of alkyl halides is 2.